The van der Waals surface area contributed by atoms with Crippen molar-refractivity contribution in [2.75, 3.05) is 31.1 Å². The van der Waals surface area contributed by atoms with Crippen molar-refractivity contribution in [2.45, 2.75) is 4.90 Å². The van der Waals surface area contributed by atoms with Gasteiger partial charge in [0.25, 0.3) is 5.69 Å². The van der Waals surface area contributed by atoms with Crippen molar-refractivity contribution < 1.29 is 13.3 Å². The lowest BCUT2D eigenvalue weighted by atomic mass is 10.2. The van der Waals surface area contributed by atoms with Crippen LogP contribution in [0.2, 0.25) is 15.1 Å². The number of hydrogen-bond acceptors (Lipinski definition) is 5. The van der Waals surface area contributed by atoms with Crippen molar-refractivity contribution in [2.24, 2.45) is 0 Å². The lowest BCUT2D eigenvalue weighted by Crippen LogP contribution is -2.48. The molecular formula is C16H14Cl3N3O4S. The van der Waals surface area contributed by atoms with Gasteiger partial charge in [0.15, 0.2) is 0 Å². The molecule has 11 heteroatoms. The van der Waals surface area contributed by atoms with E-state index in [4.69, 9.17) is 34.8 Å². The fourth-order valence-corrected chi connectivity index (χ4v) is 5.21. The average molecular weight is 451 g/mol. The largest absolute Gasteiger partial charge is 0.369 e. The number of hydrogen-bond donors (Lipinski definition) is 0. The number of benzene rings is 2. The highest BCUT2D eigenvalue weighted by Crippen LogP contribution is 2.33. The van der Waals surface area contributed by atoms with Gasteiger partial charge in [-0.1, -0.05) is 34.8 Å². The van der Waals surface area contributed by atoms with Crippen LogP contribution in [0.4, 0.5) is 11.4 Å². The van der Waals surface area contributed by atoms with E-state index in [1.807, 2.05) is 4.90 Å². The van der Waals surface area contributed by atoms with Gasteiger partial charge in [0.2, 0.25) is 10.0 Å². The predicted octanol–water partition coefficient (Wildman–Crippen LogP) is 4.07. The molecule has 2 aromatic carbocycles. The Morgan fingerprint density at radius 3 is 2.00 bits per heavy atom. The first kappa shape index (κ1) is 20.2. The summed E-state index contributed by atoms with van der Waals surface area (Å²) in [5.74, 6) is 0. The number of piperazine rings is 1. The molecule has 27 heavy (non-hydrogen) atoms. The number of anilines is 1. The van der Waals surface area contributed by atoms with E-state index in [0.29, 0.717) is 13.1 Å². The molecule has 2 aromatic rings. The maximum absolute atomic E-state index is 12.9. The molecule has 1 aliphatic heterocycles. The number of halogens is 3. The van der Waals surface area contributed by atoms with E-state index in [2.05, 4.69) is 0 Å². The van der Waals surface area contributed by atoms with Gasteiger partial charge >= 0.3 is 0 Å². The molecular weight excluding hydrogens is 437 g/mol. The second kappa shape index (κ2) is 7.81. The van der Waals surface area contributed by atoms with E-state index in [0.717, 1.165) is 5.69 Å². The van der Waals surface area contributed by atoms with Gasteiger partial charge in [-0.3, -0.25) is 10.1 Å². The van der Waals surface area contributed by atoms with Crippen LogP contribution in [-0.2, 0) is 10.0 Å². The van der Waals surface area contributed by atoms with Crippen LogP contribution in [0.15, 0.2) is 41.3 Å². The maximum atomic E-state index is 12.9. The third kappa shape index (κ3) is 4.14. The summed E-state index contributed by atoms with van der Waals surface area (Å²) in [5.41, 5.74) is 0.805. The molecule has 0 bridgehead atoms. The van der Waals surface area contributed by atoms with Crippen molar-refractivity contribution in [3.05, 3.63) is 61.6 Å². The molecule has 0 aromatic heterocycles. The zero-order valence-corrected chi connectivity index (χ0v) is 16.9. The summed E-state index contributed by atoms with van der Waals surface area (Å²) >= 11 is 17.9. The molecule has 1 saturated heterocycles. The molecule has 0 aliphatic carbocycles. The molecule has 0 unspecified atom stereocenters. The van der Waals surface area contributed by atoms with Crippen LogP contribution >= 0.6 is 34.8 Å². The van der Waals surface area contributed by atoms with E-state index < -0.39 is 14.9 Å². The Labute approximate surface area is 171 Å². The summed E-state index contributed by atoms with van der Waals surface area (Å²) in [4.78, 5) is 12.2. The Kier molecular flexibility index (Phi) is 5.83. The molecule has 0 spiro atoms. The fraction of sp³-hybridized carbons (Fsp3) is 0.250. The number of nitrogens with zero attached hydrogens (tertiary/aromatic N) is 3. The summed E-state index contributed by atoms with van der Waals surface area (Å²) < 4.78 is 27.1. The summed E-state index contributed by atoms with van der Waals surface area (Å²) in [6.07, 6.45) is 0. The van der Waals surface area contributed by atoms with Crippen molar-refractivity contribution in [1.82, 2.24) is 4.31 Å². The van der Waals surface area contributed by atoms with Crippen molar-refractivity contribution in [1.29, 1.82) is 0 Å². The number of sulfonamides is 1. The summed E-state index contributed by atoms with van der Waals surface area (Å²) in [7, 11) is -3.81. The number of non-ortho nitro benzene ring substituents is 1. The zero-order chi connectivity index (χ0) is 19.8. The first-order valence-electron chi connectivity index (χ1n) is 7.84. The second-order valence-electron chi connectivity index (χ2n) is 5.86. The molecule has 0 saturated carbocycles. The lowest BCUT2D eigenvalue weighted by Gasteiger charge is -2.35. The van der Waals surface area contributed by atoms with Crippen LogP contribution in [-0.4, -0.2) is 43.8 Å². The van der Waals surface area contributed by atoms with Gasteiger partial charge in [0, 0.05) is 44.0 Å². The molecule has 0 radical (unpaired) electrons. The van der Waals surface area contributed by atoms with Crippen LogP contribution in [0.5, 0.6) is 0 Å². The van der Waals surface area contributed by atoms with Crippen LogP contribution < -0.4 is 4.90 Å². The Morgan fingerprint density at radius 2 is 1.44 bits per heavy atom. The minimum Gasteiger partial charge on any atom is -0.369 e. The molecule has 144 valence electrons. The lowest BCUT2D eigenvalue weighted by molar-refractivity contribution is -0.384. The zero-order valence-electron chi connectivity index (χ0n) is 13.8. The van der Waals surface area contributed by atoms with Gasteiger partial charge in [0.1, 0.15) is 4.90 Å². The van der Waals surface area contributed by atoms with Crippen molar-refractivity contribution in [3.8, 4) is 0 Å². The monoisotopic (exact) mass is 449 g/mol. The highest BCUT2D eigenvalue weighted by atomic mass is 35.5. The smallest absolute Gasteiger partial charge is 0.269 e. The third-order valence-electron chi connectivity index (χ3n) is 4.26. The third-order valence-corrected chi connectivity index (χ3v) is 7.34. The van der Waals surface area contributed by atoms with Crippen molar-refractivity contribution in [3.63, 3.8) is 0 Å². The van der Waals surface area contributed by atoms with Gasteiger partial charge in [-0.15, -0.1) is 0 Å². The van der Waals surface area contributed by atoms with E-state index in [1.165, 1.54) is 28.6 Å². The Morgan fingerprint density at radius 1 is 0.889 bits per heavy atom. The molecule has 1 aliphatic rings. The number of nitro groups is 1. The minimum atomic E-state index is -3.81. The van der Waals surface area contributed by atoms with Gasteiger partial charge in [0.05, 0.1) is 20.0 Å². The van der Waals surface area contributed by atoms with Crippen LogP contribution in [0.3, 0.4) is 0 Å². The first-order valence-corrected chi connectivity index (χ1v) is 10.4. The summed E-state index contributed by atoms with van der Waals surface area (Å²) in [6, 6.07) is 8.72. The molecule has 0 N–H and O–H groups in total. The standard InChI is InChI=1S/C16H14Cl3N3O4S/c17-13-9-15(19)16(10-14(13)18)27(25,26)21-7-5-20(6-8-21)11-1-3-12(4-2-11)22(23)24/h1-4,9-10H,5-8H2. The minimum absolute atomic E-state index is 0.00854. The van der Waals surface area contributed by atoms with Crippen LogP contribution in [0, 0.1) is 10.1 Å². The summed E-state index contributed by atoms with van der Waals surface area (Å²) in [5, 5.41) is 11.1. The highest BCUT2D eigenvalue weighted by Gasteiger charge is 2.31. The number of rotatable bonds is 4. The fourth-order valence-electron chi connectivity index (χ4n) is 2.81. The Bertz CT molecular complexity index is 975. The molecule has 0 atom stereocenters. The molecule has 1 fully saturated rings. The SMILES string of the molecule is O=[N+]([O-])c1ccc(N2CCN(S(=O)(=O)c3cc(Cl)c(Cl)cc3Cl)CC2)cc1. The van der Waals surface area contributed by atoms with Crippen molar-refractivity contribution >= 4 is 56.2 Å². The van der Waals surface area contributed by atoms with E-state index in [-0.39, 0.29) is 38.7 Å². The van der Waals surface area contributed by atoms with Gasteiger partial charge in [-0.05, 0) is 24.3 Å². The molecule has 7 nitrogen and oxygen atoms in total. The van der Waals surface area contributed by atoms with E-state index in [1.54, 1.807) is 12.1 Å². The topological polar surface area (TPSA) is 83.8 Å². The highest BCUT2D eigenvalue weighted by molar-refractivity contribution is 7.89. The van der Waals surface area contributed by atoms with E-state index >= 15 is 0 Å². The first-order chi connectivity index (χ1) is 12.7. The molecule has 3 rings (SSSR count). The average Bonchev–Trinajstić information content (AvgIpc) is 2.64. The maximum Gasteiger partial charge on any atom is 0.269 e. The molecule has 1 heterocycles. The van der Waals surface area contributed by atoms with Crippen LogP contribution in [0.1, 0.15) is 0 Å². The van der Waals surface area contributed by atoms with E-state index in [9.17, 15) is 18.5 Å². The van der Waals surface area contributed by atoms with Gasteiger partial charge in [-0.2, -0.15) is 4.31 Å². The molecule has 0 amide bonds. The van der Waals surface area contributed by atoms with Gasteiger partial charge < -0.3 is 4.90 Å². The Hall–Kier alpha value is -1.58. The van der Waals surface area contributed by atoms with Crippen LogP contribution in [0.25, 0.3) is 0 Å². The normalized spacial score (nSPS) is 15.7. The number of nitro benzene ring substituents is 1. The summed E-state index contributed by atoms with van der Waals surface area (Å²) in [6.45, 7) is 1.37. The van der Waals surface area contributed by atoms with Gasteiger partial charge in [-0.25, -0.2) is 8.42 Å². The second-order valence-corrected chi connectivity index (χ2v) is 8.99. The quantitative estimate of drug-likeness (QED) is 0.398. The Balaban J connectivity index is 1.75. The predicted molar refractivity (Wildman–Crippen MR) is 106 cm³/mol.